The van der Waals surface area contributed by atoms with Gasteiger partial charge in [-0.3, -0.25) is 9.36 Å². The Morgan fingerprint density at radius 3 is 2.44 bits per heavy atom. The number of methoxy groups -OCH3 is 1. The molecule has 1 aromatic heterocycles. The van der Waals surface area contributed by atoms with Crippen molar-refractivity contribution >= 4 is 55.2 Å². The number of fused-ring (bicyclic) bond motifs is 1. The summed E-state index contributed by atoms with van der Waals surface area (Å²) in [5, 5.41) is 0. The van der Waals surface area contributed by atoms with Gasteiger partial charge in [0.2, 0.25) is 0 Å². The van der Waals surface area contributed by atoms with Crippen LogP contribution in [0.25, 0.3) is 6.08 Å². The summed E-state index contributed by atoms with van der Waals surface area (Å²) in [6, 6.07) is 20.4. The van der Waals surface area contributed by atoms with Crippen LogP contribution in [0.5, 0.6) is 11.5 Å². The van der Waals surface area contributed by atoms with Gasteiger partial charge in [0.05, 0.1) is 29.5 Å². The van der Waals surface area contributed by atoms with Gasteiger partial charge in [0, 0.05) is 20.1 Å². The van der Waals surface area contributed by atoms with Gasteiger partial charge in [-0.25, -0.2) is 9.79 Å². The summed E-state index contributed by atoms with van der Waals surface area (Å²) in [5.74, 6) is 0.687. The standard InChI is InChI=1S/C33H30Br2N2O5S/c1-4-9-25-29(32(39)41-5-2)30(24-18-23(35)13-15-27(24)40-3)37-31(38)28(43-33(37)36-25)17-21-16-22(34)12-14-26(21)42-19-20-10-7-6-8-11-20/h6-8,10-18,30H,4-5,9,19H2,1-3H3/b28-17+/t30-/m1/s1. The number of halogens is 2. The average Bonchev–Trinajstić information content (AvgIpc) is 3.31. The van der Waals surface area contributed by atoms with E-state index in [1.54, 1.807) is 18.6 Å². The second-order valence-electron chi connectivity index (χ2n) is 9.76. The maximum absolute atomic E-state index is 14.3. The molecule has 0 fully saturated rings. The van der Waals surface area contributed by atoms with Crippen LogP contribution < -0.4 is 24.4 Å². The van der Waals surface area contributed by atoms with E-state index in [4.69, 9.17) is 19.2 Å². The highest BCUT2D eigenvalue weighted by atomic mass is 79.9. The number of thiazole rings is 1. The molecule has 0 amide bonds. The first kappa shape index (κ1) is 31.0. The van der Waals surface area contributed by atoms with Gasteiger partial charge in [-0.1, -0.05) is 86.9 Å². The zero-order chi connectivity index (χ0) is 30.5. The topological polar surface area (TPSA) is 79.1 Å². The Labute approximate surface area is 270 Å². The molecule has 43 heavy (non-hydrogen) atoms. The molecule has 0 spiro atoms. The van der Waals surface area contributed by atoms with Gasteiger partial charge in [-0.05, 0) is 61.4 Å². The molecule has 1 atom stereocenters. The van der Waals surface area contributed by atoms with Gasteiger partial charge in [-0.15, -0.1) is 0 Å². The minimum atomic E-state index is -0.789. The number of rotatable bonds is 10. The van der Waals surface area contributed by atoms with Crippen LogP contribution in [0.4, 0.5) is 0 Å². The summed E-state index contributed by atoms with van der Waals surface area (Å²) < 4.78 is 21.1. The van der Waals surface area contributed by atoms with Crippen LogP contribution in [-0.4, -0.2) is 24.3 Å². The van der Waals surface area contributed by atoms with E-state index in [1.165, 1.54) is 11.3 Å². The first-order valence-corrected chi connectivity index (χ1v) is 16.3. The lowest BCUT2D eigenvalue weighted by Crippen LogP contribution is -2.40. The molecule has 0 saturated heterocycles. The predicted octanol–water partition coefficient (Wildman–Crippen LogP) is 6.69. The second kappa shape index (κ2) is 13.9. The quantitative estimate of drug-likeness (QED) is 0.170. The number of allylic oxidation sites excluding steroid dienone is 1. The van der Waals surface area contributed by atoms with E-state index in [2.05, 4.69) is 31.9 Å². The summed E-state index contributed by atoms with van der Waals surface area (Å²) in [6.45, 7) is 4.37. The maximum Gasteiger partial charge on any atom is 0.338 e. The van der Waals surface area contributed by atoms with E-state index in [-0.39, 0.29) is 12.2 Å². The van der Waals surface area contributed by atoms with E-state index in [0.29, 0.717) is 50.7 Å². The zero-order valence-corrected chi connectivity index (χ0v) is 27.9. The smallest absolute Gasteiger partial charge is 0.338 e. The highest BCUT2D eigenvalue weighted by Crippen LogP contribution is 2.38. The summed E-state index contributed by atoms with van der Waals surface area (Å²) in [4.78, 5) is 33.1. The molecular formula is C33H30Br2N2O5S. The van der Waals surface area contributed by atoms with E-state index < -0.39 is 12.0 Å². The molecular weight excluding hydrogens is 696 g/mol. The van der Waals surface area contributed by atoms with Crippen LogP contribution in [0.2, 0.25) is 0 Å². The summed E-state index contributed by atoms with van der Waals surface area (Å²) in [6.07, 6.45) is 3.13. The Balaban J connectivity index is 1.71. The number of nitrogens with zero attached hydrogens (tertiary/aromatic N) is 2. The normalized spacial score (nSPS) is 14.7. The second-order valence-corrected chi connectivity index (χ2v) is 12.6. The van der Waals surface area contributed by atoms with Gasteiger partial charge >= 0.3 is 5.97 Å². The van der Waals surface area contributed by atoms with Crippen molar-refractivity contribution in [3.05, 3.63) is 123 Å². The van der Waals surface area contributed by atoms with Crippen molar-refractivity contribution in [1.82, 2.24) is 4.57 Å². The third-order valence-electron chi connectivity index (χ3n) is 6.87. The number of ether oxygens (including phenoxy) is 3. The van der Waals surface area contributed by atoms with Crippen LogP contribution in [0.15, 0.2) is 96.7 Å². The fourth-order valence-corrected chi connectivity index (χ4v) is 6.74. The van der Waals surface area contributed by atoms with Gasteiger partial charge in [-0.2, -0.15) is 0 Å². The van der Waals surface area contributed by atoms with Crippen molar-refractivity contribution in [1.29, 1.82) is 0 Å². The molecule has 1 aliphatic rings. The van der Waals surface area contributed by atoms with Crippen molar-refractivity contribution in [2.45, 2.75) is 39.3 Å². The third-order valence-corrected chi connectivity index (χ3v) is 8.84. The fourth-order valence-electron chi connectivity index (χ4n) is 4.97. The Morgan fingerprint density at radius 2 is 1.74 bits per heavy atom. The first-order valence-electron chi connectivity index (χ1n) is 13.9. The number of esters is 1. The summed E-state index contributed by atoms with van der Waals surface area (Å²) in [7, 11) is 1.57. The Morgan fingerprint density at radius 1 is 1.02 bits per heavy atom. The summed E-state index contributed by atoms with van der Waals surface area (Å²) >= 11 is 8.39. The number of benzene rings is 3. The minimum absolute atomic E-state index is 0.198. The van der Waals surface area contributed by atoms with Gasteiger partial charge in [0.15, 0.2) is 4.80 Å². The maximum atomic E-state index is 14.3. The first-order chi connectivity index (χ1) is 20.8. The molecule has 2 heterocycles. The molecule has 222 valence electrons. The van der Waals surface area contributed by atoms with Crippen molar-refractivity contribution in [3.63, 3.8) is 0 Å². The van der Waals surface area contributed by atoms with Crippen molar-refractivity contribution in [2.75, 3.05) is 13.7 Å². The highest BCUT2D eigenvalue weighted by molar-refractivity contribution is 9.10. The molecule has 0 bridgehead atoms. The van der Waals surface area contributed by atoms with Crippen molar-refractivity contribution in [3.8, 4) is 11.5 Å². The average molecular weight is 726 g/mol. The Kier molecular flexibility index (Phi) is 10.00. The van der Waals surface area contributed by atoms with Crippen LogP contribution in [0.1, 0.15) is 49.4 Å². The molecule has 7 nitrogen and oxygen atoms in total. The van der Waals surface area contributed by atoms with Gasteiger partial charge < -0.3 is 14.2 Å². The van der Waals surface area contributed by atoms with E-state index in [9.17, 15) is 9.59 Å². The molecule has 5 rings (SSSR count). The zero-order valence-electron chi connectivity index (χ0n) is 23.9. The van der Waals surface area contributed by atoms with Gasteiger partial charge in [0.25, 0.3) is 5.56 Å². The summed E-state index contributed by atoms with van der Waals surface area (Å²) in [5.41, 5.74) is 3.11. The Bertz CT molecular complexity index is 1860. The molecule has 1 aliphatic heterocycles. The minimum Gasteiger partial charge on any atom is -0.496 e. The van der Waals surface area contributed by atoms with Gasteiger partial charge in [0.1, 0.15) is 24.1 Å². The highest BCUT2D eigenvalue weighted by Gasteiger charge is 2.36. The molecule has 0 saturated carbocycles. The van der Waals surface area contributed by atoms with Crippen LogP contribution in [0.3, 0.4) is 0 Å². The molecule has 3 aromatic carbocycles. The third kappa shape index (κ3) is 6.71. The molecule has 0 unspecified atom stereocenters. The molecule has 10 heteroatoms. The van der Waals surface area contributed by atoms with Crippen LogP contribution in [0, 0.1) is 0 Å². The number of carbonyl (C=O) groups excluding carboxylic acids is 1. The van der Waals surface area contributed by atoms with Crippen molar-refractivity contribution in [2.24, 2.45) is 4.99 Å². The van der Waals surface area contributed by atoms with Crippen LogP contribution >= 0.6 is 43.2 Å². The molecule has 4 aromatic rings. The van der Waals surface area contributed by atoms with E-state index in [0.717, 1.165) is 26.5 Å². The van der Waals surface area contributed by atoms with Crippen molar-refractivity contribution < 1.29 is 19.0 Å². The van der Waals surface area contributed by atoms with Crippen LogP contribution in [-0.2, 0) is 16.1 Å². The molecule has 0 N–H and O–H groups in total. The Hall–Kier alpha value is -3.47. The number of hydrogen-bond donors (Lipinski definition) is 0. The fraction of sp³-hybridized carbons (Fsp3) is 0.242. The lowest BCUT2D eigenvalue weighted by Gasteiger charge is -2.27. The molecule has 0 radical (unpaired) electrons. The number of aromatic nitrogens is 1. The largest absolute Gasteiger partial charge is 0.496 e. The van der Waals surface area contributed by atoms with E-state index in [1.807, 2.05) is 79.7 Å². The lowest BCUT2D eigenvalue weighted by atomic mass is 9.93. The predicted molar refractivity (Wildman–Crippen MR) is 175 cm³/mol. The SMILES string of the molecule is CCCC1=C(C(=O)OCC)[C@@H](c2cc(Br)ccc2OC)n2c(s/c(=C/c3cc(Br)ccc3OCc3ccccc3)c2=O)=N1. The van der Waals surface area contributed by atoms with E-state index >= 15 is 0 Å². The number of hydrogen-bond acceptors (Lipinski definition) is 7. The lowest BCUT2D eigenvalue weighted by molar-refractivity contribution is -0.139. The number of carbonyl (C=O) groups is 1. The molecule has 0 aliphatic carbocycles. The monoisotopic (exact) mass is 724 g/mol.